The molecule has 0 fully saturated rings. The number of ether oxygens (including phenoxy) is 1. The summed E-state index contributed by atoms with van der Waals surface area (Å²) >= 11 is 1.49. The summed E-state index contributed by atoms with van der Waals surface area (Å²) in [6, 6.07) is 3.78. The lowest BCUT2D eigenvalue weighted by molar-refractivity contribution is 0.0520. The second-order valence-corrected chi connectivity index (χ2v) is 5.18. The standard InChI is InChI=1S/C13H17N3O3S/c1-3-9(17)8-16-12(10-6-5-7-20-10)11(14-15-16)13(18)19-4-2/h5-7,9,17H,3-4,8H2,1-2H3. The van der Waals surface area contributed by atoms with Crippen LogP contribution in [-0.4, -0.2) is 38.8 Å². The molecule has 108 valence electrons. The number of nitrogens with zero attached hydrogens (tertiary/aromatic N) is 3. The predicted octanol–water partition coefficient (Wildman–Crippen LogP) is 1.95. The third-order valence-electron chi connectivity index (χ3n) is 2.81. The van der Waals surface area contributed by atoms with Crippen LogP contribution in [0.5, 0.6) is 0 Å². The first kappa shape index (κ1) is 14.7. The monoisotopic (exact) mass is 295 g/mol. The molecule has 2 aromatic heterocycles. The molecule has 2 heterocycles. The van der Waals surface area contributed by atoms with Gasteiger partial charge in [0.25, 0.3) is 0 Å². The minimum Gasteiger partial charge on any atom is -0.461 e. The Bertz CT molecular complexity index is 565. The maximum Gasteiger partial charge on any atom is 0.361 e. The molecule has 0 aromatic carbocycles. The van der Waals surface area contributed by atoms with Gasteiger partial charge in [-0.1, -0.05) is 18.2 Å². The number of carbonyl (C=O) groups is 1. The molecule has 0 amide bonds. The summed E-state index contributed by atoms with van der Waals surface area (Å²) in [5.41, 5.74) is 0.795. The third-order valence-corrected chi connectivity index (χ3v) is 3.69. The molecule has 6 nitrogen and oxygen atoms in total. The zero-order valence-corrected chi connectivity index (χ0v) is 12.3. The van der Waals surface area contributed by atoms with Crippen molar-refractivity contribution in [2.45, 2.75) is 32.9 Å². The maximum absolute atomic E-state index is 11.9. The number of aliphatic hydroxyl groups is 1. The first-order chi connectivity index (χ1) is 9.67. The topological polar surface area (TPSA) is 77.2 Å². The summed E-state index contributed by atoms with van der Waals surface area (Å²) in [4.78, 5) is 12.8. The number of carbonyl (C=O) groups excluding carboxylic acids is 1. The van der Waals surface area contributed by atoms with Crippen molar-refractivity contribution in [1.29, 1.82) is 0 Å². The van der Waals surface area contributed by atoms with Crippen molar-refractivity contribution >= 4 is 17.3 Å². The van der Waals surface area contributed by atoms with Crippen molar-refractivity contribution in [2.75, 3.05) is 6.61 Å². The highest BCUT2D eigenvalue weighted by molar-refractivity contribution is 7.13. The predicted molar refractivity (Wildman–Crippen MR) is 75.6 cm³/mol. The first-order valence-electron chi connectivity index (χ1n) is 6.49. The number of aromatic nitrogens is 3. The van der Waals surface area contributed by atoms with Crippen LogP contribution in [0.15, 0.2) is 17.5 Å². The van der Waals surface area contributed by atoms with Gasteiger partial charge >= 0.3 is 5.97 Å². The summed E-state index contributed by atoms with van der Waals surface area (Å²) < 4.78 is 6.56. The van der Waals surface area contributed by atoms with Crippen LogP contribution in [0.3, 0.4) is 0 Å². The Kier molecular flexibility index (Phi) is 4.86. The van der Waals surface area contributed by atoms with E-state index in [4.69, 9.17) is 4.74 Å². The molecule has 2 aromatic rings. The van der Waals surface area contributed by atoms with Crippen LogP contribution in [0, 0.1) is 0 Å². The van der Waals surface area contributed by atoms with E-state index >= 15 is 0 Å². The van der Waals surface area contributed by atoms with Crippen LogP contribution < -0.4 is 0 Å². The Morgan fingerprint density at radius 2 is 2.35 bits per heavy atom. The zero-order valence-electron chi connectivity index (χ0n) is 11.4. The van der Waals surface area contributed by atoms with Crippen LogP contribution in [-0.2, 0) is 11.3 Å². The number of hydrogen-bond acceptors (Lipinski definition) is 6. The summed E-state index contributed by atoms with van der Waals surface area (Å²) in [5.74, 6) is -0.492. The van der Waals surface area contributed by atoms with Gasteiger partial charge in [0.2, 0.25) is 0 Å². The second kappa shape index (κ2) is 6.62. The Hall–Kier alpha value is -1.73. The van der Waals surface area contributed by atoms with Crippen molar-refractivity contribution in [3.8, 4) is 10.6 Å². The van der Waals surface area contributed by atoms with Gasteiger partial charge in [0.05, 0.1) is 24.1 Å². The molecule has 0 saturated carbocycles. The van der Waals surface area contributed by atoms with E-state index in [1.54, 1.807) is 11.6 Å². The first-order valence-corrected chi connectivity index (χ1v) is 7.37. The SMILES string of the molecule is CCOC(=O)c1nnn(CC(O)CC)c1-c1cccs1. The molecule has 0 radical (unpaired) electrons. The summed E-state index contributed by atoms with van der Waals surface area (Å²) in [6.45, 7) is 4.22. The van der Waals surface area contributed by atoms with Crippen LogP contribution in [0.25, 0.3) is 10.6 Å². The fraction of sp³-hybridized carbons (Fsp3) is 0.462. The van der Waals surface area contributed by atoms with Gasteiger partial charge in [-0.3, -0.25) is 0 Å². The Morgan fingerprint density at radius 3 is 2.95 bits per heavy atom. The van der Waals surface area contributed by atoms with Gasteiger partial charge in [-0.25, -0.2) is 9.48 Å². The average molecular weight is 295 g/mol. The van der Waals surface area contributed by atoms with E-state index in [0.717, 1.165) is 4.88 Å². The molecule has 0 aliphatic carbocycles. The molecule has 0 aliphatic rings. The molecule has 1 N–H and O–H groups in total. The molecule has 0 saturated heterocycles. The van der Waals surface area contributed by atoms with Crippen LogP contribution in [0.4, 0.5) is 0 Å². The van der Waals surface area contributed by atoms with Gasteiger partial charge in [-0.05, 0) is 24.8 Å². The van der Waals surface area contributed by atoms with Gasteiger partial charge in [0.1, 0.15) is 5.69 Å². The minimum absolute atomic E-state index is 0.192. The lowest BCUT2D eigenvalue weighted by atomic mass is 10.2. The Labute approximate surface area is 121 Å². The third kappa shape index (κ3) is 3.05. The molecule has 0 spiro atoms. The van der Waals surface area contributed by atoms with E-state index in [9.17, 15) is 9.90 Å². The molecule has 1 unspecified atom stereocenters. The summed E-state index contributed by atoms with van der Waals surface area (Å²) in [7, 11) is 0. The zero-order chi connectivity index (χ0) is 14.5. The minimum atomic E-state index is -0.523. The van der Waals surface area contributed by atoms with Gasteiger partial charge in [-0.2, -0.15) is 0 Å². The number of aliphatic hydroxyl groups excluding tert-OH is 1. The average Bonchev–Trinajstić information content (AvgIpc) is 3.07. The molecular weight excluding hydrogens is 278 g/mol. The molecule has 1 atom stereocenters. The number of esters is 1. The Balaban J connectivity index is 2.41. The highest BCUT2D eigenvalue weighted by Gasteiger charge is 2.23. The van der Waals surface area contributed by atoms with Crippen molar-refractivity contribution < 1.29 is 14.6 Å². The quantitative estimate of drug-likeness (QED) is 0.824. The maximum atomic E-state index is 11.9. The van der Waals surface area contributed by atoms with Gasteiger partial charge in [0.15, 0.2) is 5.69 Å². The van der Waals surface area contributed by atoms with E-state index in [-0.39, 0.29) is 12.3 Å². The fourth-order valence-electron chi connectivity index (χ4n) is 1.76. The highest BCUT2D eigenvalue weighted by Crippen LogP contribution is 2.27. The summed E-state index contributed by atoms with van der Waals surface area (Å²) in [6.07, 6.45) is 0.0869. The van der Waals surface area contributed by atoms with Crippen molar-refractivity contribution in [2.24, 2.45) is 0 Å². The lowest BCUT2D eigenvalue weighted by Gasteiger charge is -2.10. The Morgan fingerprint density at radius 1 is 1.55 bits per heavy atom. The molecule has 0 aliphatic heterocycles. The van der Waals surface area contributed by atoms with Crippen molar-refractivity contribution in [1.82, 2.24) is 15.0 Å². The largest absolute Gasteiger partial charge is 0.461 e. The van der Waals surface area contributed by atoms with E-state index in [2.05, 4.69) is 10.3 Å². The molecular formula is C13H17N3O3S. The van der Waals surface area contributed by atoms with Crippen LogP contribution in [0.2, 0.25) is 0 Å². The molecule has 20 heavy (non-hydrogen) atoms. The highest BCUT2D eigenvalue weighted by atomic mass is 32.1. The van der Waals surface area contributed by atoms with Crippen LogP contribution >= 0.6 is 11.3 Å². The van der Waals surface area contributed by atoms with E-state index in [1.807, 2.05) is 24.4 Å². The number of thiophene rings is 1. The van der Waals surface area contributed by atoms with Gasteiger partial charge in [-0.15, -0.1) is 16.4 Å². The lowest BCUT2D eigenvalue weighted by Crippen LogP contribution is -2.17. The van der Waals surface area contributed by atoms with E-state index in [1.165, 1.54) is 11.3 Å². The molecule has 7 heteroatoms. The normalized spacial score (nSPS) is 12.3. The van der Waals surface area contributed by atoms with Gasteiger partial charge in [0, 0.05) is 0 Å². The fourth-order valence-corrected chi connectivity index (χ4v) is 2.54. The number of hydrogen-bond donors (Lipinski definition) is 1. The van der Waals surface area contributed by atoms with Crippen molar-refractivity contribution in [3.63, 3.8) is 0 Å². The van der Waals surface area contributed by atoms with Crippen LogP contribution in [0.1, 0.15) is 30.8 Å². The van der Waals surface area contributed by atoms with E-state index in [0.29, 0.717) is 18.7 Å². The van der Waals surface area contributed by atoms with Gasteiger partial charge < -0.3 is 9.84 Å². The second-order valence-electron chi connectivity index (χ2n) is 4.23. The van der Waals surface area contributed by atoms with E-state index < -0.39 is 12.1 Å². The summed E-state index contributed by atoms with van der Waals surface area (Å²) in [5, 5.41) is 19.6. The molecule has 2 rings (SSSR count). The molecule has 0 bridgehead atoms. The number of rotatable bonds is 6. The smallest absolute Gasteiger partial charge is 0.361 e. The van der Waals surface area contributed by atoms with Crippen molar-refractivity contribution in [3.05, 3.63) is 23.2 Å².